The van der Waals surface area contributed by atoms with Crippen LogP contribution >= 0.6 is 0 Å². The molecule has 2 N–H and O–H groups in total. The van der Waals surface area contributed by atoms with Gasteiger partial charge in [0, 0.05) is 12.2 Å². The van der Waals surface area contributed by atoms with Gasteiger partial charge in [0.1, 0.15) is 4.90 Å². The minimum absolute atomic E-state index is 0.0184. The number of H-pyrrole nitrogens is 1. The Kier molecular flexibility index (Phi) is 4.07. The second-order valence-electron chi connectivity index (χ2n) is 5.51. The standard InChI is InChI=1S/C15H19N3O2S/c19-21(20,15-10-16-17-11-15)18-14-8-6-13(7-9-14)12-4-2-1-3-5-12/h1-5,10-11,13-14,18H,6-9H2,(H,16,17). The maximum absolute atomic E-state index is 12.1. The van der Waals surface area contributed by atoms with Gasteiger partial charge in [-0.3, -0.25) is 5.10 Å². The van der Waals surface area contributed by atoms with E-state index in [4.69, 9.17) is 0 Å². The van der Waals surface area contributed by atoms with Crippen LogP contribution in [0, 0.1) is 0 Å². The third kappa shape index (κ3) is 3.33. The van der Waals surface area contributed by atoms with Gasteiger partial charge < -0.3 is 0 Å². The van der Waals surface area contributed by atoms with Crippen LogP contribution in [0.15, 0.2) is 47.6 Å². The molecular formula is C15H19N3O2S. The van der Waals surface area contributed by atoms with Crippen LogP contribution < -0.4 is 4.72 Å². The van der Waals surface area contributed by atoms with Gasteiger partial charge in [0.2, 0.25) is 10.0 Å². The van der Waals surface area contributed by atoms with Gasteiger partial charge in [0.15, 0.2) is 0 Å². The average Bonchev–Trinajstić information content (AvgIpc) is 3.04. The summed E-state index contributed by atoms with van der Waals surface area (Å²) < 4.78 is 27.1. The Morgan fingerprint density at radius 2 is 1.81 bits per heavy atom. The molecule has 1 aliphatic carbocycles. The highest BCUT2D eigenvalue weighted by Crippen LogP contribution is 2.33. The lowest BCUT2D eigenvalue weighted by molar-refractivity contribution is 0.374. The molecule has 1 saturated carbocycles. The number of nitrogens with one attached hydrogen (secondary N) is 2. The lowest BCUT2D eigenvalue weighted by Crippen LogP contribution is -2.37. The van der Waals surface area contributed by atoms with E-state index in [2.05, 4.69) is 39.2 Å². The van der Waals surface area contributed by atoms with Crippen molar-refractivity contribution in [2.24, 2.45) is 0 Å². The molecule has 3 rings (SSSR count). The van der Waals surface area contributed by atoms with Gasteiger partial charge in [-0.15, -0.1) is 0 Å². The summed E-state index contributed by atoms with van der Waals surface area (Å²) in [7, 11) is -3.44. The van der Waals surface area contributed by atoms with E-state index in [0.717, 1.165) is 25.7 Å². The topological polar surface area (TPSA) is 74.8 Å². The molecule has 0 spiro atoms. The summed E-state index contributed by atoms with van der Waals surface area (Å²) in [6, 6.07) is 10.5. The van der Waals surface area contributed by atoms with Crippen molar-refractivity contribution in [3.63, 3.8) is 0 Å². The number of benzene rings is 1. The lowest BCUT2D eigenvalue weighted by atomic mass is 9.82. The zero-order valence-electron chi connectivity index (χ0n) is 11.7. The molecule has 112 valence electrons. The second-order valence-corrected chi connectivity index (χ2v) is 7.23. The van der Waals surface area contributed by atoms with Gasteiger partial charge in [0.25, 0.3) is 0 Å². The summed E-state index contributed by atoms with van der Waals surface area (Å²) in [5, 5.41) is 6.22. The molecule has 5 nitrogen and oxygen atoms in total. The van der Waals surface area contributed by atoms with Gasteiger partial charge >= 0.3 is 0 Å². The normalized spacial score (nSPS) is 23.0. The molecule has 0 aliphatic heterocycles. The van der Waals surface area contributed by atoms with E-state index in [0.29, 0.717) is 5.92 Å². The molecule has 0 bridgehead atoms. The van der Waals surface area contributed by atoms with Crippen molar-refractivity contribution >= 4 is 10.0 Å². The summed E-state index contributed by atoms with van der Waals surface area (Å²) in [4.78, 5) is 0.202. The summed E-state index contributed by atoms with van der Waals surface area (Å²) in [6.07, 6.45) is 6.51. The fourth-order valence-electron chi connectivity index (χ4n) is 2.94. The Labute approximate surface area is 124 Å². The predicted molar refractivity (Wildman–Crippen MR) is 80.3 cm³/mol. The van der Waals surface area contributed by atoms with Crippen molar-refractivity contribution in [2.75, 3.05) is 0 Å². The monoisotopic (exact) mass is 305 g/mol. The Balaban J connectivity index is 1.59. The SMILES string of the molecule is O=S(=O)(NC1CCC(c2ccccc2)CC1)c1cn[nH]c1. The molecule has 1 aliphatic rings. The van der Waals surface area contributed by atoms with Gasteiger partial charge in [-0.05, 0) is 37.2 Å². The maximum atomic E-state index is 12.1. The Morgan fingerprint density at radius 3 is 2.43 bits per heavy atom. The largest absolute Gasteiger partial charge is 0.284 e. The van der Waals surface area contributed by atoms with Crippen LogP contribution in [-0.4, -0.2) is 24.7 Å². The van der Waals surface area contributed by atoms with Gasteiger partial charge in [-0.1, -0.05) is 30.3 Å². The Bertz CT molecular complexity index is 660. The highest BCUT2D eigenvalue weighted by Gasteiger charge is 2.26. The van der Waals surface area contributed by atoms with E-state index in [9.17, 15) is 8.42 Å². The predicted octanol–water partition coefficient (Wildman–Crippen LogP) is 2.41. The van der Waals surface area contributed by atoms with Crippen molar-refractivity contribution in [1.82, 2.24) is 14.9 Å². The van der Waals surface area contributed by atoms with Crippen molar-refractivity contribution in [2.45, 2.75) is 42.5 Å². The van der Waals surface area contributed by atoms with Gasteiger partial charge in [-0.2, -0.15) is 5.10 Å². The number of aromatic amines is 1. The van der Waals surface area contributed by atoms with Crippen LogP contribution in [0.25, 0.3) is 0 Å². The van der Waals surface area contributed by atoms with Crippen molar-refractivity contribution in [1.29, 1.82) is 0 Å². The summed E-state index contributed by atoms with van der Waals surface area (Å²) >= 11 is 0. The highest BCUT2D eigenvalue weighted by atomic mass is 32.2. The number of hydrogen-bond donors (Lipinski definition) is 2. The van der Waals surface area contributed by atoms with Crippen molar-refractivity contribution < 1.29 is 8.42 Å². The van der Waals surface area contributed by atoms with Crippen LogP contribution in [0.2, 0.25) is 0 Å². The third-order valence-electron chi connectivity index (χ3n) is 4.10. The molecule has 1 aromatic carbocycles. The van der Waals surface area contributed by atoms with Crippen LogP contribution in [0.5, 0.6) is 0 Å². The van der Waals surface area contributed by atoms with Gasteiger partial charge in [-0.25, -0.2) is 13.1 Å². The molecule has 0 radical (unpaired) electrons. The zero-order valence-corrected chi connectivity index (χ0v) is 12.5. The quantitative estimate of drug-likeness (QED) is 0.911. The summed E-state index contributed by atoms with van der Waals surface area (Å²) in [5.41, 5.74) is 1.36. The summed E-state index contributed by atoms with van der Waals surface area (Å²) in [6.45, 7) is 0. The Morgan fingerprint density at radius 1 is 1.10 bits per heavy atom. The van der Waals surface area contributed by atoms with Crippen LogP contribution in [0.3, 0.4) is 0 Å². The van der Waals surface area contributed by atoms with Crippen molar-refractivity contribution in [3.8, 4) is 0 Å². The van der Waals surface area contributed by atoms with E-state index in [1.165, 1.54) is 18.0 Å². The molecule has 1 heterocycles. The van der Waals surface area contributed by atoms with Crippen LogP contribution in [-0.2, 0) is 10.0 Å². The Hall–Kier alpha value is -1.66. The highest BCUT2D eigenvalue weighted by molar-refractivity contribution is 7.89. The minimum Gasteiger partial charge on any atom is -0.284 e. The first-order valence-corrected chi connectivity index (χ1v) is 8.69. The number of sulfonamides is 1. The molecule has 0 amide bonds. The smallest absolute Gasteiger partial charge is 0.243 e. The van der Waals surface area contributed by atoms with Gasteiger partial charge in [0.05, 0.1) is 6.20 Å². The number of nitrogens with zero attached hydrogens (tertiary/aromatic N) is 1. The maximum Gasteiger partial charge on any atom is 0.243 e. The first-order chi connectivity index (χ1) is 10.1. The summed E-state index contributed by atoms with van der Waals surface area (Å²) in [5.74, 6) is 0.542. The number of rotatable bonds is 4. The molecule has 1 fully saturated rings. The van der Waals surface area contributed by atoms with E-state index >= 15 is 0 Å². The second kappa shape index (κ2) is 5.99. The van der Waals surface area contributed by atoms with Crippen LogP contribution in [0.1, 0.15) is 37.2 Å². The molecule has 2 aromatic rings. The fourth-order valence-corrected chi connectivity index (χ4v) is 4.15. The fraction of sp³-hybridized carbons (Fsp3) is 0.400. The molecule has 0 atom stereocenters. The molecule has 0 unspecified atom stereocenters. The molecule has 21 heavy (non-hydrogen) atoms. The van der Waals surface area contributed by atoms with E-state index < -0.39 is 10.0 Å². The van der Waals surface area contributed by atoms with Crippen LogP contribution in [0.4, 0.5) is 0 Å². The minimum atomic E-state index is -3.44. The first kappa shape index (κ1) is 14.3. The molecule has 0 saturated heterocycles. The lowest BCUT2D eigenvalue weighted by Gasteiger charge is -2.29. The molecular weight excluding hydrogens is 286 g/mol. The van der Waals surface area contributed by atoms with E-state index in [1.807, 2.05) is 6.07 Å². The zero-order chi connectivity index (χ0) is 14.7. The molecule has 1 aromatic heterocycles. The molecule has 6 heteroatoms. The third-order valence-corrected chi connectivity index (χ3v) is 5.59. The van der Waals surface area contributed by atoms with E-state index in [-0.39, 0.29) is 10.9 Å². The average molecular weight is 305 g/mol. The number of hydrogen-bond acceptors (Lipinski definition) is 3. The van der Waals surface area contributed by atoms with E-state index in [1.54, 1.807) is 0 Å². The number of aromatic nitrogens is 2. The van der Waals surface area contributed by atoms with Crippen molar-refractivity contribution in [3.05, 3.63) is 48.3 Å². The first-order valence-electron chi connectivity index (χ1n) is 7.21.